The Hall–Kier alpha value is -7.32. The Labute approximate surface area is 467 Å². The molecule has 4 aromatic rings. The molecule has 2 fully saturated rings. The van der Waals surface area contributed by atoms with Gasteiger partial charge in [0.15, 0.2) is 25.2 Å². The molecule has 2 unspecified atom stereocenters. The topological polar surface area (TPSA) is 225 Å². The monoisotopic (exact) mass is 1100 g/mol. The molecule has 4 aliphatic heterocycles. The average Bonchev–Trinajstić information content (AvgIpc) is 3.98. The second kappa shape index (κ2) is 27.2. The SMILES string of the molecule is COCOc1cc(N)cc2c1C(=O)O[C@@H](C)[C@H](C)/C=C\C(OC(=O)c1ccccc1)[C@H]1OC(C)(C)O[C@H]1C/C=C/2.COCOc1cc(O)cc2c1C(=O)O[C@@H](C)[C@H](C)/C=C\C(OC(=O)c1ccccc1)[C@H]1OC(C)(C)O[C@H]1C/C=C/2. The standard InChI is InChI=1S/C31H37NO8.C31H36O9/c2*1-19-14-15-24(38-29(33)21-10-7-6-8-11-21)28-25(39-31(3,4)40-28)13-9-12-22-16-23(32)17-26(36-18-35-5)27(22)30(34)37-20(19)2/h6-12,14-17,19-20,24-25,28H,13,18,32H2,1-5H3;6-12,14-17,19-20,24-25,28,32H,13,18H2,1-5H3/b2*12-9+,15-14-/t2*19-,20+,24?,25+,28-/m11/s1. The van der Waals surface area contributed by atoms with Crippen LogP contribution in [0.25, 0.3) is 12.2 Å². The largest absolute Gasteiger partial charge is 0.508 e. The quantitative estimate of drug-likeness (QED) is 0.0495. The number of phenolic OH excluding ortho intramolecular Hbond substituents is 1. The predicted octanol–water partition coefficient (Wildman–Crippen LogP) is 10.4. The fourth-order valence-electron chi connectivity index (χ4n) is 9.28. The van der Waals surface area contributed by atoms with Gasteiger partial charge in [0.25, 0.3) is 0 Å². The van der Waals surface area contributed by atoms with Crippen molar-refractivity contribution in [1.29, 1.82) is 0 Å². The first-order valence-corrected chi connectivity index (χ1v) is 26.5. The third kappa shape index (κ3) is 16.0. The number of aromatic hydroxyl groups is 1. The number of phenols is 1. The van der Waals surface area contributed by atoms with E-state index in [9.17, 15) is 24.3 Å². The number of anilines is 1. The first-order valence-electron chi connectivity index (χ1n) is 26.5. The summed E-state index contributed by atoms with van der Waals surface area (Å²) >= 11 is 0. The van der Waals surface area contributed by atoms with Crippen LogP contribution in [-0.4, -0.2) is 117 Å². The Kier molecular flexibility index (Phi) is 20.5. The minimum atomic E-state index is -0.919. The van der Waals surface area contributed by atoms with Crippen LogP contribution in [0.4, 0.5) is 5.69 Å². The fraction of sp³-hybridized carbons (Fsp3) is 0.419. The Bertz CT molecular complexity index is 2700. The van der Waals surface area contributed by atoms with E-state index in [1.165, 1.54) is 26.4 Å². The second-order valence-corrected chi connectivity index (χ2v) is 20.7. The van der Waals surface area contributed by atoms with Crippen LogP contribution in [0.1, 0.15) is 121 Å². The van der Waals surface area contributed by atoms with Gasteiger partial charge in [0.1, 0.15) is 65.0 Å². The lowest BCUT2D eigenvalue weighted by Crippen LogP contribution is -2.37. The summed E-state index contributed by atoms with van der Waals surface area (Å²) in [6, 6.07) is 23.6. The van der Waals surface area contributed by atoms with Gasteiger partial charge in [0.05, 0.1) is 23.3 Å². The van der Waals surface area contributed by atoms with Crippen molar-refractivity contribution in [3.8, 4) is 17.2 Å². The zero-order chi connectivity index (χ0) is 57.7. The van der Waals surface area contributed by atoms with E-state index in [2.05, 4.69) is 0 Å². The summed E-state index contributed by atoms with van der Waals surface area (Å²) < 4.78 is 69.8. The number of methoxy groups -OCH3 is 2. The van der Waals surface area contributed by atoms with Crippen molar-refractivity contribution >= 4 is 41.7 Å². The lowest BCUT2D eigenvalue weighted by atomic mass is 9.98. The van der Waals surface area contributed by atoms with Crippen molar-refractivity contribution in [3.63, 3.8) is 0 Å². The lowest BCUT2D eigenvalue weighted by Gasteiger charge is -2.25. The molecule has 0 radical (unpaired) electrons. The van der Waals surface area contributed by atoms with Crippen molar-refractivity contribution in [3.05, 3.63) is 155 Å². The highest BCUT2D eigenvalue weighted by molar-refractivity contribution is 5.98. The molecule has 0 bridgehead atoms. The third-order valence-corrected chi connectivity index (χ3v) is 13.5. The number of nitrogens with two attached hydrogens (primary N) is 1. The number of carbonyl (C=O) groups is 4. The molecular formula is C62H73NO17. The molecule has 4 heterocycles. The van der Waals surface area contributed by atoms with Crippen molar-refractivity contribution in [2.75, 3.05) is 33.5 Å². The first kappa shape index (κ1) is 60.3. The highest BCUT2D eigenvalue weighted by atomic mass is 16.8. The van der Waals surface area contributed by atoms with Gasteiger partial charge >= 0.3 is 23.9 Å². The molecule has 0 amide bonds. The van der Waals surface area contributed by atoms with E-state index in [1.54, 1.807) is 98.8 Å². The molecule has 2 saturated heterocycles. The van der Waals surface area contributed by atoms with Crippen LogP contribution in [0.2, 0.25) is 0 Å². The highest BCUT2D eigenvalue weighted by Gasteiger charge is 2.47. The summed E-state index contributed by atoms with van der Waals surface area (Å²) in [6.45, 7) is 14.5. The number of esters is 4. The predicted molar refractivity (Wildman–Crippen MR) is 297 cm³/mol. The molecule has 8 rings (SSSR count). The maximum absolute atomic E-state index is 13.4. The van der Waals surface area contributed by atoms with Gasteiger partial charge in [-0.3, -0.25) is 0 Å². The van der Waals surface area contributed by atoms with Crippen LogP contribution in [0.5, 0.6) is 17.2 Å². The van der Waals surface area contributed by atoms with Gasteiger partial charge < -0.3 is 67.7 Å². The van der Waals surface area contributed by atoms with Crippen LogP contribution in [0, 0.1) is 11.8 Å². The molecule has 3 N–H and O–H groups in total. The van der Waals surface area contributed by atoms with E-state index in [-0.39, 0.29) is 53.8 Å². The molecule has 0 aliphatic carbocycles. The van der Waals surface area contributed by atoms with E-state index in [0.29, 0.717) is 40.8 Å². The van der Waals surface area contributed by atoms with E-state index in [0.717, 1.165) is 0 Å². The van der Waals surface area contributed by atoms with Crippen molar-refractivity contribution < 1.29 is 81.1 Å². The molecule has 18 heteroatoms. The molecule has 0 saturated carbocycles. The Morgan fingerprint density at radius 1 is 0.588 bits per heavy atom. The Morgan fingerprint density at radius 2 is 1.00 bits per heavy atom. The molecule has 80 heavy (non-hydrogen) atoms. The van der Waals surface area contributed by atoms with Gasteiger partial charge in [-0.2, -0.15) is 0 Å². The molecule has 0 spiro atoms. The number of benzene rings is 4. The number of rotatable bonds is 10. The van der Waals surface area contributed by atoms with Crippen LogP contribution < -0.4 is 15.2 Å². The third-order valence-electron chi connectivity index (χ3n) is 13.5. The Morgan fingerprint density at radius 3 is 1.43 bits per heavy atom. The van der Waals surface area contributed by atoms with E-state index in [1.807, 2.05) is 78.0 Å². The van der Waals surface area contributed by atoms with E-state index in [4.69, 9.17) is 62.6 Å². The highest BCUT2D eigenvalue weighted by Crippen LogP contribution is 2.38. The van der Waals surface area contributed by atoms with Crippen molar-refractivity contribution in [2.45, 2.75) is 129 Å². The first-order chi connectivity index (χ1) is 38.1. The zero-order valence-electron chi connectivity index (χ0n) is 46.9. The molecule has 4 aromatic carbocycles. The van der Waals surface area contributed by atoms with Crippen LogP contribution in [0.15, 0.2) is 121 Å². The minimum absolute atomic E-state index is 0.0608. The van der Waals surface area contributed by atoms with Gasteiger partial charge in [-0.25, -0.2) is 19.2 Å². The average molecular weight is 1100 g/mol. The summed E-state index contributed by atoms with van der Waals surface area (Å²) in [4.78, 5) is 52.8. The van der Waals surface area contributed by atoms with E-state index < -0.39 is 84.3 Å². The lowest BCUT2D eigenvalue weighted by molar-refractivity contribution is -0.153. The van der Waals surface area contributed by atoms with Crippen LogP contribution in [0.3, 0.4) is 0 Å². The number of fused-ring (bicyclic) bond motifs is 4. The second-order valence-electron chi connectivity index (χ2n) is 20.7. The molecular weight excluding hydrogens is 1030 g/mol. The normalized spacial score (nSPS) is 27.8. The van der Waals surface area contributed by atoms with Crippen molar-refractivity contribution in [1.82, 2.24) is 0 Å². The van der Waals surface area contributed by atoms with Gasteiger partial charge in [-0.05, 0) is 114 Å². The smallest absolute Gasteiger partial charge is 0.342 e. The van der Waals surface area contributed by atoms with Crippen LogP contribution >= 0.6 is 0 Å². The number of nitrogen functional groups attached to an aromatic ring is 1. The van der Waals surface area contributed by atoms with Crippen molar-refractivity contribution in [2.24, 2.45) is 11.8 Å². The van der Waals surface area contributed by atoms with E-state index >= 15 is 0 Å². The number of carbonyl (C=O) groups excluding carboxylic acids is 4. The molecule has 0 aromatic heterocycles. The molecule has 4 aliphatic rings. The van der Waals surface area contributed by atoms with Gasteiger partial charge in [-0.15, -0.1) is 0 Å². The summed E-state index contributed by atoms with van der Waals surface area (Å²) in [5, 5.41) is 10.3. The van der Waals surface area contributed by atoms with Gasteiger partial charge in [-0.1, -0.05) is 86.7 Å². The molecule has 10 atom stereocenters. The summed E-state index contributed by atoms with van der Waals surface area (Å²) in [5.41, 5.74) is 8.76. The fourth-order valence-corrected chi connectivity index (χ4v) is 9.28. The number of hydrogen-bond donors (Lipinski definition) is 2. The maximum atomic E-state index is 13.4. The number of ether oxygens (including phenoxy) is 12. The summed E-state index contributed by atoms with van der Waals surface area (Å²) in [7, 11) is 2.95. The maximum Gasteiger partial charge on any atom is 0.342 e. The Balaban J connectivity index is 0.000000231. The summed E-state index contributed by atoms with van der Waals surface area (Å²) in [5.74, 6) is -4.10. The zero-order valence-corrected chi connectivity index (χ0v) is 46.9. The minimum Gasteiger partial charge on any atom is -0.508 e. The van der Waals surface area contributed by atoms with Gasteiger partial charge in [0.2, 0.25) is 0 Å². The van der Waals surface area contributed by atoms with Crippen LogP contribution in [-0.2, 0) is 47.4 Å². The molecule has 18 nitrogen and oxygen atoms in total. The number of cyclic esters (lactones) is 2. The number of hydrogen-bond acceptors (Lipinski definition) is 18. The summed E-state index contributed by atoms with van der Waals surface area (Å²) in [6.07, 6.45) is 10.5. The van der Waals surface area contributed by atoms with Gasteiger partial charge in [0, 0.05) is 43.9 Å². The molecule has 428 valence electrons.